The van der Waals surface area contributed by atoms with Gasteiger partial charge in [0.1, 0.15) is 5.76 Å². The van der Waals surface area contributed by atoms with Crippen molar-refractivity contribution in [2.75, 3.05) is 13.2 Å². The van der Waals surface area contributed by atoms with Crippen molar-refractivity contribution in [3.63, 3.8) is 0 Å². The fourth-order valence-electron chi connectivity index (χ4n) is 2.43. The molecule has 0 amide bonds. The molecule has 0 bridgehead atoms. The van der Waals surface area contributed by atoms with Crippen molar-refractivity contribution < 1.29 is 4.74 Å². The summed E-state index contributed by atoms with van der Waals surface area (Å²) >= 11 is 0. The van der Waals surface area contributed by atoms with Crippen LogP contribution in [0.15, 0.2) is 11.8 Å². The van der Waals surface area contributed by atoms with Gasteiger partial charge in [0, 0.05) is 0 Å². The molecule has 1 N–H and O–H groups in total. The molecule has 0 spiro atoms. The Bertz CT molecular complexity index is 221. The van der Waals surface area contributed by atoms with Crippen LogP contribution in [-0.2, 0) is 4.74 Å². The second kappa shape index (κ2) is 5.55. The van der Waals surface area contributed by atoms with Crippen LogP contribution in [0.3, 0.4) is 0 Å². The smallest absolute Gasteiger partial charge is 0.109 e. The fraction of sp³-hybridized carbons (Fsp3) is 0.846. The summed E-state index contributed by atoms with van der Waals surface area (Å²) in [4.78, 5) is 0. The van der Waals surface area contributed by atoms with Crippen molar-refractivity contribution in [3.8, 4) is 0 Å². The van der Waals surface area contributed by atoms with Crippen molar-refractivity contribution in [3.05, 3.63) is 11.8 Å². The lowest BCUT2D eigenvalue weighted by molar-refractivity contribution is 0.151. The van der Waals surface area contributed by atoms with E-state index in [1.807, 2.05) is 0 Å². The van der Waals surface area contributed by atoms with Crippen LogP contribution in [-0.4, -0.2) is 19.2 Å². The van der Waals surface area contributed by atoms with E-state index in [0.29, 0.717) is 6.04 Å². The third-order valence-corrected chi connectivity index (χ3v) is 3.55. The van der Waals surface area contributed by atoms with Crippen molar-refractivity contribution in [1.82, 2.24) is 5.32 Å². The highest BCUT2D eigenvalue weighted by molar-refractivity contribution is 5.06. The van der Waals surface area contributed by atoms with Crippen LogP contribution in [0.4, 0.5) is 0 Å². The second-order valence-corrected chi connectivity index (χ2v) is 4.74. The summed E-state index contributed by atoms with van der Waals surface area (Å²) in [5.74, 6) is 2.16. The summed E-state index contributed by atoms with van der Waals surface area (Å²) in [6, 6.07) is 0.487. The van der Waals surface area contributed by atoms with Crippen LogP contribution < -0.4 is 5.32 Å². The molecule has 86 valence electrons. The predicted octanol–water partition coefficient (Wildman–Crippen LogP) is 2.85. The zero-order valence-electron chi connectivity index (χ0n) is 9.80. The normalized spacial score (nSPS) is 23.9. The Morgan fingerprint density at radius 3 is 2.87 bits per heavy atom. The maximum Gasteiger partial charge on any atom is 0.109 e. The Morgan fingerprint density at radius 2 is 2.33 bits per heavy atom. The Labute approximate surface area is 93.1 Å². The molecule has 1 heterocycles. The van der Waals surface area contributed by atoms with E-state index in [2.05, 4.69) is 18.3 Å². The largest absolute Gasteiger partial charge is 0.497 e. The van der Waals surface area contributed by atoms with Gasteiger partial charge in [0.25, 0.3) is 0 Å². The van der Waals surface area contributed by atoms with Gasteiger partial charge in [-0.15, -0.1) is 0 Å². The van der Waals surface area contributed by atoms with Crippen LogP contribution in [0.1, 0.15) is 45.4 Å². The first-order valence-electron chi connectivity index (χ1n) is 6.46. The summed E-state index contributed by atoms with van der Waals surface area (Å²) in [6.45, 7) is 4.13. The minimum absolute atomic E-state index is 0.487. The fourth-order valence-corrected chi connectivity index (χ4v) is 2.43. The molecule has 1 atom stereocenters. The summed E-state index contributed by atoms with van der Waals surface area (Å²) in [7, 11) is 0. The second-order valence-electron chi connectivity index (χ2n) is 4.74. The van der Waals surface area contributed by atoms with Gasteiger partial charge in [-0.3, -0.25) is 0 Å². The zero-order valence-corrected chi connectivity index (χ0v) is 9.80. The lowest BCUT2D eigenvalue weighted by atomic mass is 9.80. The number of rotatable bonds is 5. The highest BCUT2D eigenvalue weighted by Gasteiger charge is 2.25. The van der Waals surface area contributed by atoms with Gasteiger partial charge in [-0.05, 0) is 37.8 Å². The standard InChI is InChI=1S/C13H23NO/c1-2-14-12(10-11-6-5-7-11)13-8-3-4-9-15-13/h8,11-12,14H,2-7,9-10H2,1H3. The van der Waals surface area contributed by atoms with Gasteiger partial charge in [0.15, 0.2) is 0 Å². The number of hydrogen-bond acceptors (Lipinski definition) is 2. The number of likely N-dealkylation sites (N-methyl/N-ethyl adjacent to an activating group) is 1. The van der Waals surface area contributed by atoms with Gasteiger partial charge in [-0.1, -0.05) is 26.2 Å². The van der Waals surface area contributed by atoms with Gasteiger partial charge in [-0.2, -0.15) is 0 Å². The van der Waals surface area contributed by atoms with Crippen LogP contribution in [0, 0.1) is 5.92 Å². The van der Waals surface area contributed by atoms with E-state index < -0.39 is 0 Å². The number of nitrogens with one attached hydrogen (secondary N) is 1. The molecule has 2 aliphatic rings. The molecule has 1 aliphatic carbocycles. The molecule has 1 saturated carbocycles. The van der Waals surface area contributed by atoms with Crippen molar-refractivity contribution in [1.29, 1.82) is 0 Å². The number of allylic oxidation sites excluding steroid dienone is 1. The van der Waals surface area contributed by atoms with Gasteiger partial charge in [0.2, 0.25) is 0 Å². The van der Waals surface area contributed by atoms with E-state index in [4.69, 9.17) is 4.74 Å². The molecule has 0 saturated heterocycles. The van der Waals surface area contributed by atoms with Gasteiger partial charge >= 0.3 is 0 Å². The Hall–Kier alpha value is -0.500. The average Bonchev–Trinajstić information content (AvgIpc) is 2.23. The molecule has 1 unspecified atom stereocenters. The van der Waals surface area contributed by atoms with Gasteiger partial charge in [-0.25, -0.2) is 0 Å². The maximum absolute atomic E-state index is 5.76. The molecule has 0 aromatic carbocycles. The summed E-state index contributed by atoms with van der Waals surface area (Å²) < 4.78 is 5.76. The Morgan fingerprint density at radius 1 is 1.47 bits per heavy atom. The van der Waals surface area contributed by atoms with Crippen LogP contribution in [0.25, 0.3) is 0 Å². The molecule has 15 heavy (non-hydrogen) atoms. The topological polar surface area (TPSA) is 21.3 Å². The molecule has 1 fully saturated rings. The van der Waals surface area contributed by atoms with E-state index in [1.165, 1.54) is 44.3 Å². The van der Waals surface area contributed by atoms with Crippen LogP contribution >= 0.6 is 0 Å². The first-order chi connectivity index (χ1) is 7.40. The summed E-state index contributed by atoms with van der Waals surface area (Å²) in [5.41, 5.74) is 0. The van der Waals surface area contributed by atoms with E-state index >= 15 is 0 Å². The first-order valence-corrected chi connectivity index (χ1v) is 6.46. The van der Waals surface area contributed by atoms with Crippen LogP contribution in [0.2, 0.25) is 0 Å². The monoisotopic (exact) mass is 209 g/mol. The molecule has 2 heteroatoms. The molecule has 1 aliphatic heterocycles. The van der Waals surface area contributed by atoms with E-state index in [1.54, 1.807) is 0 Å². The van der Waals surface area contributed by atoms with Crippen molar-refractivity contribution in [2.45, 2.75) is 51.5 Å². The third kappa shape index (κ3) is 2.97. The van der Waals surface area contributed by atoms with E-state index in [0.717, 1.165) is 19.1 Å². The summed E-state index contributed by atoms with van der Waals surface area (Å²) in [5, 5.41) is 3.56. The molecule has 0 aromatic rings. The number of ether oxygens (including phenoxy) is 1. The van der Waals surface area contributed by atoms with Crippen LogP contribution in [0.5, 0.6) is 0 Å². The molecular formula is C13H23NO. The van der Waals surface area contributed by atoms with Gasteiger partial charge in [0.05, 0.1) is 12.6 Å². The van der Waals surface area contributed by atoms with E-state index in [9.17, 15) is 0 Å². The zero-order chi connectivity index (χ0) is 10.5. The lowest BCUT2D eigenvalue weighted by Gasteiger charge is -2.32. The molecular weight excluding hydrogens is 186 g/mol. The molecule has 0 radical (unpaired) electrons. The quantitative estimate of drug-likeness (QED) is 0.751. The average molecular weight is 209 g/mol. The minimum atomic E-state index is 0.487. The van der Waals surface area contributed by atoms with Gasteiger partial charge < -0.3 is 10.1 Å². The lowest BCUT2D eigenvalue weighted by Crippen LogP contribution is -2.36. The number of hydrogen-bond donors (Lipinski definition) is 1. The predicted molar refractivity (Wildman–Crippen MR) is 62.7 cm³/mol. The maximum atomic E-state index is 5.76. The van der Waals surface area contributed by atoms with Crippen molar-refractivity contribution >= 4 is 0 Å². The third-order valence-electron chi connectivity index (χ3n) is 3.55. The Balaban J connectivity index is 1.88. The molecule has 2 nitrogen and oxygen atoms in total. The minimum Gasteiger partial charge on any atom is -0.497 e. The van der Waals surface area contributed by atoms with Crippen molar-refractivity contribution in [2.24, 2.45) is 5.92 Å². The Kier molecular flexibility index (Phi) is 4.07. The first kappa shape index (κ1) is 11.0. The SMILES string of the molecule is CCNC(CC1CCC1)C1=CCCCO1. The highest BCUT2D eigenvalue weighted by Crippen LogP contribution is 2.32. The van der Waals surface area contributed by atoms with E-state index in [-0.39, 0.29) is 0 Å². The molecule has 0 aromatic heterocycles. The highest BCUT2D eigenvalue weighted by atomic mass is 16.5. The summed E-state index contributed by atoms with van der Waals surface area (Å²) in [6.07, 6.45) is 10.2. The molecule has 2 rings (SSSR count).